The Bertz CT molecular complexity index is 669. The van der Waals surface area contributed by atoms with Gasteiger partial charge in [-0.05, 0) is 90.7 Å². The molecule has 2 heteroatoms. The fourth-order valence-electron chi connectivity index (χ4n) is 3.08. The summed E-state index contributed by atoms with van der Waals surface area (Å²) in [5.74, 6) is 0. The first kappa shape index (κ1) is 23.9. The molecule has 0 spiro atoms. The summed E-state index contributed by atoms with van der Waals surface area (Å²) in [4.78, 5) is 10.5. The van der Waals surface area contributed by atoms with Crippen LogP contribution in [0.15, 0.2) is 69.6 Å². The van der Waals surface area contributed by atoms with Gasteiger partial charge in [-0.15, -0.1) is 0 Å². The number of aldehydes is 1. The van der Waals surface area contributed by atoms with Gasteiger partial charge in [0.1, 0.15) is 6.29 Å². The zero-order chi connectivity index (χ0) is 20.6. The van der Waals surface area contributed by atoms with E-state index >= 15 is 0 Å². The molecule has 0 aromatic carbocycles. The Morgan fingerprint density at radius 1 is 0.786 bits per heavy atom. The van der Waals surface area contributed by atoms with E-state index < -0.39 is 0 Å². The van der Waals surface area contributed by atoms with Crippen molar-refractivity contribution < 1.29 is 9.21 Å². The summed E-state index contributed by atoms with van der Waals surface area (Å²) < 4.78 is 5.10. The minimum atomic E-state index is 0.561. The SMILES string of the molecule is C/C(=C\CC/C(C)=C/CC/C(C)=C/CC/C(C)=C/CCc1ccoc1)CC=O. The van der Waals surface area contributed by atoms with Crippen molar-refractivity contribution in [1.29, 1.82) is 0 Å². The van der Waals surface area contributed by atoms with E-state index in [-0.39, 0.29) is 0 Å². The van der Waals surface area contributed by atoms with Crippen LogP contribution in [0.25, 0.3) is 0 Å². The van der Waals surface area contributed by atoms with E-state index in [4.69, 9.17) is 4.42 Å². The minimum Gasteiger partial charge on any atom is -0.472 e. The Balaban J connectivity index is 2.19. The highest BCUT2D eigenvalue weighted by molar-refractivity contribution is 5.53. The first-order valence-electron chi connectivity index (χ1n) is 10.6. The van der Waals surface area contributed by atoms with Crippen molar-refractivity contribution in [2.45, 2.75) is 85.5 Å². The third-order valence-corrected chi connectivity index (χ3v) is 5.01. The molecule has 0 fully saturated rings. The van der Waals surface area contributed by atoms with E-state index in [1.54, 1.807) is 6.26 Å². The summed E-state index contributed by atoms with van der Waals surface area (Å²) in [6.07, 6.45) is 23.2. The fourth-order valence-corrected chi connectivity index (χ4v) is 3.08. The highest BCUT2D eigenvalue weighted by Gasteiger charge is 1.95. The van der Waals surface area contributed by atoms with Gasteiger partial charge in [0, 0.05) is 6.42 Å². The molecule has 0 amide bonds. The maximum absolute atomic E-state index is 10.5. The summed E-state index contributed by atoms with van der Waals surface area (Å²) in [5.41, 5.74) is 6.85. The number of furan rings is 1. The Hall–Kier alpha value is -2.09. The second-order valence-electron chi connectivity index (χ2n) is 7.86. The van der Waals surface area contributed by atoms with E-state index in [9.17, 15) is 4.79 Å². The lowest BCUT2D eigenvalue weighted by Gasteiger charge is -2.03. The highest BCUT2D eigenvalue weighted by Crippen LogP contribution is 2.14. The van der Waals surface area contributed by atoms with Crippen LogP contribution in [0, 0.1) is 0 Å². The molecule has 0 saturated carbocycles. The van der Waals surface area contributed by atoms with E-state index in [1.165, 1.54) is 27.9 Å². The third kappa shape index (κ3) is 12.3. The van der Waals surface area contributed by atoms with Gasteiger partial charge in [0.15, 0.2) is 0 Å². The van der Waals surface area contributed by atoms with Gasteiger partial charge >= 0.3 is 0 Å². The second-order valence-corrected chi connectivity index (χ2v) is 7.86. The lowest BCUT2D eigenvalue weighted by atomic mass is 10.0. The molecule has 0 aliphatic rings. The lowest BCUT2D eigenvalue weighted by Crippen LogP contribution is -1.84. The van der Waals surface area contributed by atoms with Crippen molar-refractivity contribution in [2.75, 3.05) is 0 Å². The van der Waals surface area contributed by atoms with Crippen molar-refractivity contribution in [3.8, 4) is 0 Å². The molecule has 0 aliphatic carbocycles. The van der Waals surface area contributed by atoms with Crippen molar-refractivity contribution in [1.82, 2.24) is 0 Å². The molecule has 1 heterocycles. The van der Waals surface area contributed by atoms with Crippen molar-refractivity contribution in [3.05, 3.63) is 70.8 Å². The fraction of sp³-hybridized carbons (Fsp3) is 0.500. The van der Waals surface area contributed by atoms with Crippen LogP contribution in [0.3, 0.4) is 0 Å². The Morgan fingerprint density at radius 2 is 1.29 bits per heavy atom. The van der Waals surface area contributed by atoms with Gasteiger partial charge < -0.3 is 9.21 Å². The summed E-state index contributed by atoms with van der Waals surface area (Å²) in [5, 5.41) is 0. The summed E-state index contributed by atoms with van der Waals surface area (Å²) >= 11 is 0. The number of carbonyl (C=O) groups is 1. The molecule has 1 aromatic rings. The standard InChI is InChI=1S/C26H38O2/c1-22(9-5-10-23(2)13-7-14-25(4)17-19-27)11-6-12-24(3)15-8-16-26-18-20-28-21-26/h10-11,14-15,18-21H,5-9,12-13,16-17H2,1-4H3/b22-11+,23-10+,24-15+,25-14+. The van der Waals surface area contributed by atoms with Crippen molar-refractivity contribution in [3.63, 3.8) is 0 Å². The van der Waals surface area contributed by atoms with Crippen LogP contribution in [0.4, 0.5) is 0 Å². The Labute approximate surface area is 172 Å². The average molecular weight is 383 g/mol. The molecule has 2 nitrogen and oxygen atoms in total. The first-order chi connectivity index (χ1) is 13.5. The van der Waals surface area contributed by atoms with E-state index in [1.807, 2.05) is 19.3 Å². The number of hydrogen-bond donors (Lipinski definition) is 0. The van der Waals surface area contributed by atoms with Crippen LogP contribution in [0.2, 0.25) is 0 Å². The van der Waals surface area contributed by atoms with Gasteiger partial charge in [-0.2, -0.15) is 0 Å². The van der Waals surface area contributed by atoms with Gasteiger partial charge in [-0.1, -0.05) is 46.6 Å². The smallest absolute Gasteiger partial charge is 0.124 e. The maximum atomic E-state index is 10.5. The molecule has 0 atom stereocenters. The quantitative estimate of drug-likeness (QED) is 0.241. The van der Waals surface area contributed by atoms with Gasteiger partial charge in [-0.25, -0.2) is 0 Å². The van der Waals surface area contributed by atoms with Gasteiger partial charge in [0.2, 0.25) is 0 Å². The largest absolute Gasteiger partial charge is 0.472 e. The first-order valence-corrected chi connectivity index (χ1v) is 10.6. The summed E-state index contributed by atoms with van der Waals surface area (Å²) in [7, 11) is 0. The average Bonchev–Trinajstić information content (AvgIpc) is 3.15. The van der Waals surface area contributed by atoms with Crippen LogP contribution >= 0.6 is 0 Å². The summed E-state index contributed by atoms with van der Waals surface area (Å²) in [6.45, 7) is 8.71. The number of aryl methyl sites for hydroxylation is 1. The van der Waals surface area contributed by atoms with Crippen molar-refractivity contribution in [2.24, 2.45) is 0 Å². The molecular formula is C26H38O2. The minimum absolute atomic E-state index is 0.561. The van der Waals surface area contributed by atoms with Crippen LogP contribution in [-0.4, -0.2) is 6.29 Å². The molecule has 1 rings (SSSR count). The van der Waals surface area contributed by atoms with Gasteiger partial charge in [-0.3, -0.25) is 0 Å². The van der Waals surface area contributed by atoms with Gasteiger partial charge in [0.05, 0.1) is 12.5 Å². The molecule has 1 aromatic heterocycles. The number of carbonyl (C=O) groups excluding carboxylic acids is 1. The molecule has 28 heavy (non-hydrogen) atoms. The van der Waals surface area contributed by atoms with Crippen molar-refractivity contribution >= 4 is 6.29 Å². The Morgan fingerprint density at radius 3 is 1.75 bits per heavy atom. The van der Waals surface area contributed by atoms with Crippen LogP contribution in [0.5, 0.6) is 0 Å². The van der Waals surface area contributed by atoms with Gasteiger partial charge in [0.25, 0.3) is 0 Å². The number of rotatable bonds is 14. The second kappa shape index (κ2) is 14.9. The number of allylic oxidation sites excluding steroid dienone is 8. The zero-order valence-corrected chi connectivity index (χ0v) is 18.3. The monoisotopic (exact) mass is 382 g/mol. The maximum Gasteiger partial charge on any atom is 0.124 e. The zero-order valence-electron chi connectivity index (χ0n) is 18.3. The van der Waals surface area contributed by atoms with E-state index in [0.29, 0.717) is 6.42 Å². The summed E-state index contributed by atoms with van der Waals surface area (Å²) in [6, 6.07) is 2.04. The van der Waals surface area contributed by atoms with E-state index in [0.717, 1.165) is 57.7 Å². The normalized spacial score (nSPS) is 13.9. The highest BCUT2D eigenvalue weighted by atomic mass is 16.3. The predicted octanol–water partition coefficient (Wildman–Crippen LogP) is 7.93. The molecule has 0 radical (unpaired) electrons. The molecule has 154 valence electrons. The molecule has 0 unspecified atom stereocenters. The van der Waals surface area contributed by atoms with Crippen LogP contribution < -0.4 is 0 Å². The number of hydrogen-bond acceptors (Lipinski definition) is 2. The molecule has 0 bridgehead atoms. The molecule has 0 aliphatic heterocycles. The Kier molecular flexibility index (Phi) is 12.7. The topological polar surface area (TPSA) is 30.2 Å². The van der Waals surface area contributed by atoms with E-state index in [2.05, 4.69) is 45.1 Å². The molecular weight excluding hydrogens is 344 g/mol. The molecule has 0 saturated heterocycles. The van der Waals surface area contributed by atoms with Crippen LogP contribution in [-0.2, 0) is 11.2 Å². The lowest BCUT2D eigenvalue weighted by molar-refractivity contribution is -0.107. The predicted molar refractivity (Wildman–Crippen MR) is 120 cm³/mol. The van der Waals surface area contributed by atoms with Crippen LogP contribution in [0.1, 0.15) is 84.6 Å². The molecule has 0 N–H and O–H groups in total. The third-order valence-electron chi connectivity index (χ3n) is 5.01.